The third-order valence-electron chi connectivity index (χ3n) is 13.0. The smallest absolute Gasteiger partial charge is 0.293 e. The van der Waals surface area contributed by atoms with Gasteiger partial charge in [0.1, 0.15) is 22.8 Å². The van der Waals surface area contributed by atoms with Crippen LogP contribution >= 0.6 is 11.6 Å². The van der Waals surface area contributed by atoms with E-state index in [4.69, 9.17) is 16.3 Å². The van der Waals surface area contributed by atoms with E-state index in [2.05, 4.69) is 74.5 Å². The fraction of sp³-hybridized carbons (Fsp3) is 0.417. The predicted octanol–water partition coefficient (Wildman–Crippen LogP) is 9.35. The SMILES string of the molecule is CC(C)N1CCC(CNc2ccc(S(=O)(=O)NC(=O)c3ccc(N4CCN(CC5=C(c6ccc(Cl)cc6)CCC(C)(C)C5)CC4)cc3Oc3cnc4[nH]ccc4c3)cc2[N+](=O)[O-])CC1. The molecule has 16 heteroatoms. The molecule has 0 unspecified atom stereocenters. The molecule has 0 atom stereocenters. The number of nitrogens with zero attached hydrogens (tertiary/aromatic N) is 5. The number of carbonyl (C=O) groups excluding carboxylic acids is 1. The van der Waals surface area contributed by atoms with Gasteiger partial charge in [-0.3, -0.25) is 19.8 Å². The maximum absolute atomic E-state index is 14.0. The second-order valence-electron chi connectivity index (χ2n) is 18.4. The lowest BCUT2D eigenvalue weighted by Gasteiger charge is -2.39. The number of likely N-dealkylation sites (tertiary alicyclic amines) is 1. The van der Waals surface area contributed by atoms with Crippen LogP contribution in [-0.2, 0) is 10.0 Å². The summed E-state index contributed by atoms with van der Waals surface area (Å²) in [5, 5.41) is 16.9. The number of carbonyl (C=O) groups is 1. The van der Waals surface area contributed by atoms with Crippen molar-refractivity contribution in [3.8, 4) is 11.5 Å². The Morgan fingerprint density at radius 2 is 1.75 bits per heavy atom. The molecule has 8 rings (SSSR count). The molecule has 5 aromatic rings. The number of H-pyrrole nitrogens is 1. The number of benzene rings is 3. The van der Waals surface area contributed by atoms with Gasteiger partial charge in [0, 0.05) is 79.7 Å². The normalized spacial score (nSPS) is 17.8. The van der Waals surface area contributed by atoms with Gasteiger partial charge >= 0.3 is 0 Å². The number of halogens is 1. The zero-order valence-corrected chi connectivity index (χ0v) is 38.5. The lowest BCUT2D eigenvalue weighted by Crippen LogP contribution is -2.47. The quantitative estimate of drug-likeness (QED) is 0.0718. The Hall–Kier alpha value is -5.48. The van der Waals surface area contributed by atoms with Crippen molar-refractivity contribution in [2.24, 2.45) is 11.3 Å². The molecule has 2 fully saturated rings. The number of hydrogen-bond donors (Lipinski definition) is 3. The van der Waals surface area contributed by atoms with E-state index in [9.17, 15) is 23.3 Å². The van der Waals surface area contributed by atoms with Gasteiger partial charge in [-0.2, -0.15) is 0 Å². The molecule has 3 aromatic carbocycles. The Morgan fingerprint density at radius 3 is 2.47 bits per heavy atom. The van der Waals surface area contributed by atoms with E-state index in [0.717, 1.165) is 100 Å². The predicted molar refractivity (Wildman–Crippen MR) is 253 cm³/mol. The van der Waals surface area contributed by atoms with Gasteiger partial charge in [0.05, 0.1) is 21.6 Å². The first-order chi connectivity index (χ1) is 30.6. The largest absolute Gasteiger partial charge is 0.455 e. The van der Waals surface area contributed by atoms with Crippen LogP contribution in [0.4, 0.5) is 17.1 Å². The highest BCUT2D eigenvalue weighted by atomic mass is 35.5. The lowest BCUT2D eigenvalue weighted by atomic mass is 9.73. The molecule has 0 bridgehead atoms. The van der Waals surface area contributed by atoms with Gasteiger partial charge < -0.3 is 24.8 Å². The molecule has 0 saturated carbocycles. The van der Waals surface area contributed by atoms with Crippen LogP contribution in [-0.4, -0.2) is 97.4 Å². The van der Waals surface area contributed by atoms with Crippen LogP contribution in [0, 0.1) is 21.4 Å². The highest BCUT2D eigenvalue weighted by Crippen LogP contribution is 2.43. The van der Waals surface area contributed by atoms with Gasteiger partial charge in [0.15, 0.2) is 0 Å². The second-order valence-corrected chi connectivity index (χ2v) is 20.5. The number of nitro groups is 1. The van der Waals surface area contributed by atoms with Gasteiger partial charge in [-0.15, -0.1) is 0 Å². The summed E-state index contributed by atoms with van der Waals surface area (Å²) < 4.78 is 36.0. The van der Waals surface area contributed by atoms with E-state index in [1.807, 2.05) is 18.2 Å². The highest BCUT2D eigenvalue weighted by molar-refractivity contribution is 7.90. The maximum Gasteiger partial charge on any atom is 0.293 e. The molecule has 1 aliphatic carbocycles. The summed E-state index contributed by atoms with van der Waals surface area (Å²) in [6.45, 7) is 15.4. The number of rotatable bonds is 14. The zero-order chi connectivity index (χ0) is 45.2. The Kier molecular flexibility index (Phi) is 13.3. The molecule has 14 nitrogen and oxygen atoms in total. The Labute approximate surface area is 380 Å². The minimum Gasteiger partial charge on any atom is -0.455 e. The summed E-state index contributed by atoms with van der Waals surface area (Å²) in [5.41, 5.74) is 5.62. The summed E-state index contributed by atoms with van der Waals surface area (Å²) in [5.74, 6) is -0.122. The molecule has 64 heavy (non-hydrogen) atoms. The van der Waals surface area contributed by atoms with Crippen LogP contribution in [0.2, 0.25) is 5.02 Å². The van der Waals surface area contributed by atoms with Crippen LogP contribution in [0.25, 0.3) is 16.6 Å². The molecular weight excluding hydrogens is 852 g/mol. The standard InChI is InChI=1S/C48H57ClN8O6S/c1-32(2)55-19-15-33(16-20-55)29-51-43-12-10-40(27-44(43)57(59)60)64(61,62)53-47(58)42-11-9-38(26-45(42)63-39-25-35-14-18-50-46(35)52-30-39)56-23-21-54(22-24-56)31-36-28-48(3,4)17-13-41(36)34-5-7-37(49)8-6-34/h5-12,14,18,25-27,30,32-33,51H,13,15-17,19-24,28-29,31H2,1-4H3,(H,50,52)(H,53,58). The number of fused-ring (bicyclic) bond motifs is 1. The lowest BCUT2D eigenvalue weighted by molar-refractivity contribution is -0.384. The monoisotopic (exact) mass is 908 g/mol. The van der Waals surface area contributed by atoms with Gasteiger partial charge in [0.25, 0.3) is 21.6 Å². The number of pyridine rings is 1. The Bertz CT molecular complexity index is 2650. The summed E-state index contributed by atoms with van der Waals surface area (Å²) in [6, 6.07) is 21.0. The number of amides is 1. The molecule has 3 aliphatic rings. The number of allylic oxidation sites excluding steroid dienone is 1. The molecule has 2 aromatic heterocycles. The van der Waals surface area contributed by atoms with Crippen molar-refractivity contribution in [3.63, 3.8) is 0 Å². The number of hydrogen-bond acceptors (Lipinski definition) is 11. The fourth-order valence-corrected chi connectivity index (χ4v) is 10.3. The third-order valence-corrected chi connectivity index (χ3v) is 14.6. The number of sulfonamides is 1. The maximum atomic E-state index is 14.0. The summed E-state index contributed by atoms with van der Waals surface area (Å²) in [6.07, 6.45) is 8.42. The second kappa shape index (κ2) is 18.9. The van der Waals surface area contributed by atoms with Crippen LogP contribution in [0.15, 0.2) is 95.7 Å². The van der Waals surface area contributed by atoms with Crippen LogP contribution in [0.1, 0.15) is 75.7 Å². The zero-order valence-electron chi connectivity index (χ0n) is 36.9. The molecule has 0 radical (unpaired) electrons. The molecule has 4 heterocycles. The van der Waals surface area contributed by atoms with E-state index in [1.54, 1.807) is 30.5 Å². The average molecular weight is 910 g/mol. The van der Waals surface area contributed by atoms with E-state index >= 15 is 0 Å². The Balaban J connectivity index is 0.988. The topological polar surface area (TPSA) is 166 Å². The molecule has 2 saturated heterocycles. The third kappa shape index (κ3) is 10.5. The van der Waals surface area contributed by atoms with Crippen molar-refractivity contribution >= 4 is 61.2 Å². The van der Waals surface area contributed by atoms with Crippen molar-refractivity contribution in [1.29, 1.82) is 0 Å². The first-order valence-electron chi connectivity index (χ1n) is 22.1. The molecule has 0 spiro atoms. The van der Waals surface area contributed by atoms with Crippen LogP contribution in [0.3, 0.4) is 0 Å². The first kappa shape index (κ1) is 45.1. The van der Waals surface area contributed by atoms with Crippen molar-refractivity contribution in [1.82, 2.24) is 24.5 Å². The Morgan fingerprint density at radius 1 is 1.00 bits per heavy atom. The van der Waals surface area contributed by atoms with E-state index < -0.39 is 31.4 Å². The number of nitrogens with one attached hydrogen (secondary N) is 3. The molecule has 2 aliphatic heterocycles. The minimum absolute atomic E-state index is 0.0296. The number of ether oxygens (including phenoxy) is 1. The molecule has 338 valence electrons. The van der Waals surface area contributed by atoms with E-state index in [0.29, 0.717) is 29.9 Å². The number of aromatic nitrogens is 2. The average Bonchev–Trinajstić information content (AvgIpc) is 3.74. The van der Waals surface area contributed by atoms with Crippen molar-refractivity contribution in [2.75, 3.05) is 62.6 Å². The number of piperidine rings is 1. The van der Waals surface area contributed by atoms with Crippen molar-refractivity contribution in [2.45, 2.75) is 70.7 Å². The number of piperazine rings is 1. The first-order valence-corrected chi connectivity index (χ1v) is 24.0. The summed E-state index contributed by atoms with van der Waals surface area (Å²) in [4.78, 5) is 39.8. The van der Waals surface area contributed by atoms with Gasteiger partial charge in [0.2, 0.25) is 0 Å². The summed E-state index contributed by atoms with van der Waals surface area (Å²) >= 11 is 6.24. The molecule has 1 amide bonds. The van der Waals surface area contributed by atoms with Crippen LogP contribution in [0.5, 0.6) is 11.5 Å². The number of anilines is 2. The van der Waals surface area contributed by atoms with Gasteiger partial charge in [-0.05, 0) is 130 Å². The number of aromatic amines is 1. The minimum atomic E-state index is -4.56. The van der Waals surface area contributed by atoms with Crippen LogP contribution < -0.4 is 19.7 Å². The summed E-state index contributed by atoms with van der Waals surface area (Å²) in [7, 11) is -4.56. The van der Waals surface area contributed by atoms with E-state index in [-0.39, 0.29) is 22.4 Å². The fourth-order valence-electron chi connectivity index (χ4n) is 9.22. The highest BCUT2D eigenvalue weighted by Gasteiger charge is 2.31. The van der Waals surface area contributed by atoms with Gasteiger partial charge in [-0.25, -0.2) is 18.1 Å². The van der Waals surface area contributed by atoms with Crippen molar-refractivity contribution in [3.05, 3.63) is 117 Å². The molecule has 3 N–H and O–H groups in total. The van der Waals surface area contributed by atoms with Crippen molar-refractivity contribution < 1.29 is 22.9 Å². The van der Waals surface area contributed by atoms with Gasteiger partial charge in [-0.1, -0.05) is 43.2 Å². The molecular formula is C48H57ClN8O6S. The van der Waals surface area contributed by atoms with E-state index in [1.165, 1.54) is 35.0 Å². The number of nitro benzene ring substituents is 1.